The first-order valence-corrected chi connectivity index (χ1v) is 6.28. The van der Waals surface area contributed by atoms with Gasteiger partial charge in [0.15, 0.2) is 0 Å². The number of halogens is 1. The lowest BCUT2D eigenvalue weighted by molar-refractivity contribution is -0.167. The van der Waals surface area contributed by atoms with Crippen LogP contribution in [-0.2, 0) is 9.53 Å². The molecule has 1 atom stereocenters. The van der Waals surface area contributed by atoms with Crippen LogP contribution < -0.4 is 5.73 Å². The minimum Gasteiger partial charge on any atom is -0.460 e. The fourth-order valence-corrected chi connectivity index (χ4v) is 1.65. The third kappa shape index (κ3) is 4.03. The molecule has 2 N–H and O–H groups in total. The molecular weight excluding hydrogens is 245 g/mol. The summed E-state index contributed by atoms with van der Waals surface area (Å²) in [5.41, 5.74) is 5.17. The third-order valence-electron chi connectivity index (χ3n) is 2.91. The fourth-order valence-electron chi connectivity index (χ4n) is 1.65. The number of hydrogen-bond acceptors (Lipinski definition) is 3. The van der Waals surface area contributed by atoms with E-state index in [9.17, 15) is 9.18 Å². The van der Waals surface area contributed by atoms with Crippen molar-refractivity contribution in [2.45, 2.75) is 46.3 Å². The standard InChI is InChI=1S/C15H22FNO2/c1-14(2,3)19-13(18)15(4,5)12(17)10-7-6-8-11(16)9-10/h6-9,12H,17H2,1-5H3. The number of esters is 1. The third-order valence-corrected chi connectivity index (χ3v) is 2.91. The van der Waals surface area contributed by atoms with Crippen molar-refractivity contribution in [3.05, 3.63) is 35.6 Å². The molecule has 0 saturated carbocycles. The predicted molar refractivity (Wildman–Crippen MR) is 73.0 cm³/mol. The Morgan fingerprint density at radius 2 is 1.84 bits per heavy atom. The average Bonchev–Trinajstić information content (AvgIpc) is 2.25. The summed E-state index contributed by atoms with van der Waals surface area (Å²) in [7, 11) is 0. The van der Waals surface area contributed by atoms with Gasteiger partial charge in [-0.05, 0) is 52.3 Å². The second-order valence-electron chi connectivity index (χ2n) is 6.26. The number of ether oxygens (including phenoxy) is 1. The highest BCUT2D eigenvalue weighted by atomic mass is 19.1. The molecule has 0 spiro atoms. The van der Waals surface area contributed by atoms with E-state index in [1.54, 1.807) is 46.8 Å². The van der Waals surface area contributed by atoms with Gasteiger partial charge in [-0.3, -0.25) is 4.79 Å². The van der Waals surface area contributed by atoms with Crippen molar-refractivity contribution in [1.82, 2.24) is 0 Å². The Morgan fingerprint density at radius 3 is 2.32 bits per heavy atom. The number of rotatable bonds is 3. The summed E-state index contributed by atoms with van der Waals surface area (Å²) < 4.78 is 18.6. The molecule has 1 aromatic rings. The number of hydrogen-bond donors (Lipinski definition) is 1. The van der Waals surface area contributed by atoms with Crippen LogP contribution in [0.25, 0.3) is 0 Å². The first-order chi connectivity index (χ1) is 8.54. The molecule has 0 heterocycles. The summed E-state index contributed by atoms with van der Waals surface area (Å²) >= 11 is 0. The van der Waals surface area contributed by atoms with Crippen molar-refractivity contribution in [2.24, 2.45) is 11.1 Å². The molecule has 106 valence electrons. The van der Waals surface area contributed by atoms with Gasteiger partial charge in [0.2, 0.25) is 0 Å². The maximum absolute atomic E-state index is 13.2. The molecule has 0 bridgehead atoms. The van der Waals surface area contributed by atoms with Gasteiger partial charge in [0, 0.05) is 6.04 Å². The van der Waals surface area contributed by atoms with Crippen molar-refractivity contribution in [3.8, 4) is 0 Å². The number of carbonyl (C=O) groups excluding carboxylic acids is 1. The maximum atomic E-state index is 13.2. The molecule has 0 aliphatic rings. The SMILES string of the molecule is CC(C)(C)OC(=O)C(C)(C)C(N)c1cccc(F)c1. The summed E-state index contributed by atoms with van der Waals surface area (Å²) in [6.45, 7) is 8.81. The topological polar surface area (TPSA) is 52.3 Å². The van der Waals surface area contributed by atoms with Gasteiger partial charge in [-0.2, -0.15) is 0 Å². The van der Waals surface area contributed by atoms with Gasteiger partial charge in [-0.1, -0.05) is 12.1 Å². The Morgan fingerprint density at radius 1 is 1.26 bits per heavy atom. The molecule has 0 aromatic heterocycles. The lowest BCUT2D eigenvalue weighted by atomic mass is 9.81. The van der Waals surface area contributed by atoms with E-state index in [1.165, 1.54) is 12.1 Å². The first kappa shape index (κ1) is 15.6. The normalized spacial score (nSPS) is 14.1. The van der Waals surface area contributed by atoms with Crippen LogP contribution in [0.1, 0.15) is 46.2 Å². The van der Waals surface area contributed by atoms with Gasteiger partial charge in [-0.25, -0.2) is 4.39 Å². The van der Waals surface area contributed by atoms with Gasteiger partial charge in [-0.15, -0.1) is 0 Å². The van der Waals surface area contributed by atoms with Crippen LogP contribution in [0.15, 0.2) is 24.3 Å². The van der Waals surface area contributed by atoms with E-state index in [0.29, 0.717) is 5.56 Å². The molecule has 0 aliphatic carbocycles. The van der Waals surface area contributed by atoms with Gasteiger partial charge >= 0.3 is 5.97 Å². The highest BCUT2D eigenvalue weighted by Crippen LogP contribution is 2.34. The first-order valence-electron chi connectivity index (χ1n) is 6.28. The van der Waals surface area contributed by atoms with Gasteiger partial charge in [0.25, 0.3) is 0 Å². The minimum atomic E-state index is -0.929. The molecule has 0 saturated heterocycles. The molecule has 4 heteroatoms. The van der Waals surface area contributed by atoms with Crippen molar-refractivity contribution in [2.75, 3.05) is 0 Å². The van der Waals surface area contributed by atoms with Crippen LogP contribution in [0.2, 0.25) is 0 Å². The number of nitrogens with two attached hydrogens (primary N) is 1. The van der Waals surface area contributed by atoms with Crippen LogP contribution in [0.5, 0.6) is 0 Å². The molecule has 0 amide bonds. The average molecular weight is 267 g/mol. The minimum absolute atomic E-state index is 0.368. The summed E-state index contributed by atoms with van der Waals surface area (Å²) in [6.07, 6.45) is 0. The lowest BCUT2D eigenvalue weighted by Crippen LogP contribution is -2.41. The van der Waals surface area contributed by atoms with E-state index < -0.39 is 23.0 Å². The van der Waals surface area contributed by atoms with Crippen LogP contribution in [0.4, 0.5) is 4.39 Å². The van der Waals surface area contributed by atoms with Crippen LogP contribution in [0.3, 0.4) is 0 Å². The van der Waals surface area contributed by atoms with Crippen molar-refractivity contribution < 1.29 is 13.9 Å². The van der Waals surface area contributed by atoms with E-state index in [2.05, 4.69) is 0 Å². The van der Waals surface area contributed by atoms with Crippen LogP contribution in [-0.4, -0.2) is 11.6 Å². The second-order valence-corrected chi connectivity index (χ2v) is 6.26. The lowest BCUT2D eigenvalue weighted by Gasteiger charge is -2.33. The largest absolute Gasteiger partial charge is 0.460 e. The fraction of sp³-hybridized carbons (Fsp3) is 0.533. The molecular formula is C15H22FNO2. The summed E-state index contributed by atoms with van der Waals surface area (Å²) in [5.74, 6) is -0.760. The zero-order valence-electron chi connectivity index (χ0n) is 12.2. The van der Waals surface area contributed by atoms with E-state index in [-0.39, 0.29) is 5.82 Å². The molecule has 1 unspecified atom stereocenters. The Bertz CT molecular complexity index is 463. The van der Waals surface area contributed by atoms with Crippen molar-refractivity contribution >= 4 is 5.97 Å². The van der Waals surface area contributed by atoms with Gasteiger partial charge in [0.1, 0.15) is 11.4 Å². The summed E-state index contributed by atoms with van der Waals surface area (Å²) in [6, 6.07) is 5.35. The highest BCUT2D eigenvalue weighted by molar-refractivity contribution is 5.77. The van der Waals surface area contributed by atoms with Crippen molar-refractivity contribution in [1.29, 1.82) is 0 Å². The molecule has 0 radical (unpaired) electrons. The zero-order chi connectivity index (χ0) is 14.8. The predicted octanol–water partition coefficient (Wildman–Crippen LogP) is 3.19. The van der Waals surface area contributed by atoms with Crippen LogP contribution >= 0.6 is 0 Å². The van der Waals surface area contributed by atoms with E-state index >= 15 is 0 Å². The Labute approximate surface area is 113 Å². The molecule has 0 aliphatic heterocycles. The molecule has 0 fully saturated rings. The smallest absolute Gasteiger partial charge is 0.313 e. The Hall–Kier alpha value is -1.42. The molecule has 3 nitrogen and oxygen atoms in total. The van der Waals surface area contributed by atoms with Gasteiger partial charge < -0.3 is 10.5 Å². The maximum Gasteiger partial charge on any atom is 0.313 e. The number of carbonyl (C=O) groups is 1. The monoisotopic (exact) mass is 267 g/mol. The van der Waals surface area contributed by atoms with E-state index in [1.807, 2.05) is 0 Å². The Balaban J connectivity index is 2.96. The zero-order valence-corrected chi connectivity index (χ0v) is 12.2. The van der Waals surface area contributed by atoms with Crippen LogP contribution in [0, 0.1) is 11.2 Å². The summed E-state index contributed by atoms with van der Waals surface area (Å²) in [4.78, 5) is 12.2. The van der Waals surface area contributed by atoms with E-state index in [0.717, 1.165) is 0 Å². The molecule has 1 aromatic carbocycles. The Kier molecular flexibility index (Phi) is 4.35. The second kappa shape index (κ2) is 5.29. The summed E-state index contributed by atoms with van der Waals surface area (Å²) in [5, 5.41) is 0. The quantitative estimate of drug-likeness (QED) is 0.856. The van der Waals surface area contributed by atoms with E-state index in [4.69, 9.17) is 10.5 Å². The highest BCUT2D eigenvalue weighted by Gasteiger charge is 2.39. The molecule has 1 rings (SSSR count). The number of benzene rings is 1. The van der Waals surface area contributed by atoms with Gasteiger partial charge in [0.05, 0.1) is 5.41 Å². The molecule has 19 heavy (non-hydrogen) atoms. The van der Waals surface area contributed by atoms with Crippen molar-refractivity contribution in [3.63, 3.8) is 0 Å².